The van der Waals surface area contributed by atoms with Gasteiger partial charge in [-0.05, 0) is 66.6 Å². The van der Waals surface area contributed by atoms with E-state index in [9.17, 15) is 9.59 Å². The molecule has 41 heavy (non-hydrogen) atoms. The largest absolute Gasteiger partial charge is 0.355 e. The van der Waals surface area contributed by atoms with Crippen LogP contribution in [0.3, 0.4) is 0 Å². The molecule has 2 amide bonds. The monoisotopic (exact) mass is 574 g/mol. The van der Waals surface area contributed by atoms with E-state index >= 15 is 0 Å². The summed E-state index contributed by atoms with van der Waals surface area (Å²) in [4.78, 5) is 35.1. The number of fused-ring (bicyclic) bond motifs is 1. The molecule has 5 rings (SSSR count). The second kappa shape index (κ2) is 13.9. The van der Waals surface area contributed by atoms with Gasteiger partial charge >= 0.3 is 0 Å². The zero-order chi connectivity index (χ0) is 28.6. The van der Waals surface area contributed by atoms with E-state index in [4.69, 9.17) is 11.6 Å². The first kappa shape index (κ1) is 29.0. The van der Waals surface area contributed by atoms with Gasteiger partial charge in [0, 0.05) is 82.6 Å². The summed E-state index contributed by atoms with van der Waals surface area (Å²) in [5.74, 6) is 1.37. The van der Waals surface area contributed by atoms with E-state index in [2.05, 4.69) is 44.3 Å². The number of rotatable bonds is 5. The molecule has 3 heterocycles. The highest BCUT2D eigenvalue weighted by molar-refractivity contribution is 6.30. The van der Waals surface area contributed by atoms with E-state index < -0.39 is 0 Å². The van der Waals surface area contributed by atoms with Crippen LogP contribution < -0.4 is 9.80 Å². The van der Waals surface area contributed by atoms with Crippen molar-refractivity contribution in [3.05, 3.63) is 83.0 Å². The van der Waals surface area contributed by atoms with Gasteiger partial charge in [-0.1, -0.05) is 41.9 Å². The number of halogens is 1. The minimum Gasteiger partial charge on any atom is -0.355 e. The molecule has 0 spiro atoms. The molecule has 3 aromatic rings. The van der Waals surface area contributed by atoms with Crippen molar-refractivity contribution in [2.45, 2.75) is 45.7 Å². The van der Waals surface area contributed by atoms with Gasteiger partial charge in [-0.2, -0.15) is 5.10 Å². The Balaban J connectivity index is 1.33. The maximum atomic E-state index is 13.9. The Morgan fingerprint density at radius 3 is 2.46 bits per heavy atom. The van der Waals surface area contributed by atoms with Crippen LogP contribution in [0.25, 0.3) is 0 Å². The lowest BCUT2D eigenvalue weighted by Gasteiger charge is -2.34. The third-order valence-corrected chi connectivity index (χ3v) is 8.41. The normalized spacial score (nSPS) is 17.6. The van der Waals surface area contributed by atoms with Crippen LogP contribution in [0.2, 0.25) is 5.02 Å². The Labute approximate surface area is 247 Å². The lowest BCUT2D eigenvalue weighted by atomic mass is 9.93. The lowest BCUT2D eigenvalue weighted by molar-refractivity contribution is -0.133. The minimum absolute atomic E-state index is 0.00447. The molecular weight excluding hydrogens is 536 g/mol. The molecule has 0 atom stereocenters. The highest BCUT2D eigenvalue weighted by Crippen LogP contribution is 2.29. The first-order chi connectivity index (χ1) is 20.0. The quantitative estimate of drug-likeness (QED) is 0.426. The minimum atomic E-state index is -0.00447. The van der Waals surface area contributed by atoms with Crippen LogP contribution in [-0.4, -0.2) is 71.1 Å². The zero-order valence-electron chi connectivity index (χ0n) is 23.8. The van der Waals surface area contributed by atoms with Gasteiger partial charge in [-0.15, -0.1) is 5.10 Å². The SMILES string of the molecule is CC(=O)N1CCCN(Cc2ccccc2)CCN(C(=O)CC2CCN(c3cccnn3)CC2)Cc2cc(Cl)ccc21. The van der Waals surface area contributed by atoms with Gasteiger partial charge in [0.25, 0.3) is 0 Å². The van der Waals surface area contributed by atoms with Crippen LogP contribution in [0.1, 0.15) is 43.7 Å². The van der Waals surface area contributed by atoms with E-state index in [1.807, 2.05) is 46.2 Å². The van der Waals surface area contributed by atoms with Crippen molar-refractivity contribution in [3.63, 3.8) is 0 Å². The van der Waals surface area contributed by atoms with E-state index in [0.29, 0.717) is 37.0 Å². The molecule has 8 nitrogen and oxygen atoms in total. The van der Waals surface area contributed by atoms with Gasteiger partial charge in [-0.3, -0.25) is 14.5 Å². The molecule has 2 aliphatic rings. The van der Waals surface area contributed by atoms with Gasteiger partial charge < -0.3 is 14.7 Å². The van der Waals surface area contributed by atoms with Gasteiger partial charge in [0.15, 0.2) is 5.82 Å². The predicted molar refractivity (Wildman–Crippen MR) is 163 cm³/mol. The Bertz CT molecular complexity index is 1300. The van der Waals surface area contributed by atoms with Crippen molar-refractivity contribution in [1.82, 2.24) is 20.0 Å². The number of hydrogen-bond acceptors (Lipinski definition) is 6. The molecule has 2 aliphatic heterocycles. The highest BCUT2D eigenvalue weighted by atomic mass is 35.5. The van der Waals surface area contributed by atoms with Crippen molar-refractivity contribution in [1.29, 1.82) is 0 Å². The smallest absolute Gasteiger partial charge is 0.223 e. The molecule has 9 heteroatoms. The molecular formula is C32H39ClN6O2. The molecule has 0 radical (unpaired) electrons. The van der Waals surface area contributed by atoms with Gasteiger partial charge in [0.05, 0.1) is 0 Å². The van der Waals surface area contributed by atoms with Crippen LogP contribution in [0.4, 0.5) is 11.5 Å². The molecule has 1 fully saturated rings. The molecule has 0 unspecified atom stereocenters. The zero-order valence-corrected chi connectivity index (χ0v) is 24.5. The molecule has 0 N–H and O–H groups in total. The number of hydrogen-bond donors (Lipinski definition) is 0. The fourth-order valence-corrected chi connectivity index (χ4v) is 6.11. The molecule has 1 aromatic heterocycles. The van der Waals surface area contributed by atoms with Crippen LogP contribution in [0.15, 0.2) is 66.9 Å². The third kappa shape index (κ3) is 7.83. The number of piperidine rings is 1. The number of carbonyl (C=O) groups excluding carboxylic acids is 2. The van der Waals surface area contributed by atoms with Crippen molar-refractivity contribution in [2.24, 2.45) is 5.92 Å². The summed E-state index contributed by atoms with van der Waals surface area (Å²) in [5.41, 5.74) is 3.00. The van der Waals surface area contributed by atoms with Crippen LogP contribution in [0, 0.1) is 5.92 Å². The van der Waals surface area contributed by atoms with Crippen molar-refractivity contribution < 1.29 is 9.59 Å². The Morgan fingerprint density at radius 2 is 1.73 bits per heavy atom. The predicted octanol–water partition coefficient (Wildman–Crippen LogP) is 5.02. The first-order valence-electron chi connectivity index (χ1n) is 14.6. The third-order valence-electron chi connectivity index (χ3n) is 8.18. The summed E-state index contributed by atoms with van der Waals surface area (Å²) in [6.07, 6.45) is 4.92. The fourth-order valence-electron chi connectivity index (χ4n) is 5.92. The average molecular weight is 575 g/mol. The Kier molecular flexibility index (Phi) is 9.85. The maximum absolute atomic E-state index is 13.9. The van der Waals surface area contributed by atoms with Crippen LogP contribution in [-0.2, 0) is 22.7 Å². The van der Waals surface area contributed by atoms with Gasteiger partial charge in [-0.25, -0.2) is 0 Å². The van der Waals surface area contributed by atoms with E-state index in [0.717, 1.165) is 69.1 Å². The highest BCUT2D eigenvalue weighted by Gasteiger charge is 2.27. The number of anilines is 2. The number of aromatic nitrogens is 2. The molecule has 0 saturated carbocycles. The molecule has 0 aliphatic carbocycles. The van der Waals surface area contributed by atoms with E-state index in [1.165, 1.54) is 5.56 Å². The maximum Gasteiger partial charge on any atom is 0.223 e. The summed E-state index contributed by atoms with van der Waals surface area (Å²) >= 11 is 6.43. The second-order valence-corrected chi connectivity index (χ2v) is 11.5. The second-order valence-electron chi connectivity index (χ2n) is 11.1. The topological polar surface area (TPSA) is 72.9 Å². The lowest BCUT2D eigenvalue weighted by Crippen LogP contribution is -2.40. The summed E-state index contributed by atoms with van der Waals surface area (Å²) in [6.45, 7) is 7.42. The average Bonchev–Trinajstić information content (AvgIpc) is 3.02. The number of amides is 2. The summed E-state index contributed by atoms with van der Waals surface area (Å²) in [7, 11) is 0. The van der Waals surface area contributed by atoms with Crippen LogP contribution in [0.5, 0.6) is 0 Å². The number of benzene rings is 2. The standard InChI is InChI=1S/C32H39ClN6O2/c1-25(40)39-16-6-15-36(23-27-7-3-2-4-8-27)19-20-38(24-28-22-29(33)10-11-30(28)39)32(41)21-26-12-17-37(18-13-26)31-9-5-14-34-35-31/h2-5,7-11,14,22,26H,6,12-13,15-21,23-24H2,1H3. The first-order valence-corrected chi connectivity index (χ1v) is 15.0. The Hall–Kier alpha value is -3.49. The van der Waals surface area contributed by atoms with Crippen molar-refractivity contribution in [3.8, 4) is 0 Å². The van der Waals surface area contributed by atoms with Crippen molar-refractivity contribution >= 4 is 34.9 Å². The molecule has 2 aromatic carbocycles. The summed E-state index contributed by atoms with van der Waals surface area (Å²) in [6, 6.07) is 20.0. The summed E-state index contributed by atoms with van der Waals surface area (Å²) < 4.78 is 0. The summed E-state index contributed by atoms with van der Waals surface area (Å²) in [5, 5.41) is 8.86. The molecule has 1 saturated heterocycles. The molecule has 0 bridgehead atoms. The van der Waals surface area contributed by atoms with Crippen molar-refractivity contribution in [2.75, 3.05) is 49.1 Å². The van der Waals surface area contributed by atoms with Gasteiger partial charge in [0.1, 0.15) is 0 Å². The fraction of sp³-hybridized carbons (Fsp3) is 0.438. The van der Waals surface area contributed by atoms with E-state index in [1.54, 1.807) is 13.1 Å². The number of nitrogens with zero attached hydrogens (tertiary/aromatic N) is 6. The van der Waals surface area contributed by atoms with Crippen LogP contribution >= 0.6 is 11.6 Å². The number of carbonyl (C=O) groups is 2. The Morgan fingerprint density at radius 1 is 0.927 bits per heavy atom. The molecule has 216 valence electrons. The van der Waals surface area contributed by atoms with Gasteiger partial charge in [0.2, 0.25) is 11.8 Å². The van der Waals surface area contributed by atoms with E-state index in [-0.39, 0.29) is 11.8 Å².